The van der Waals surface area contributed by atoms with Gasteiger partial charge in [-0.15, -0.1) is 0 Å². The zero-order valence-electron chi connectivity index (χ0n) is 20.4. The Balaban J connectivity index is 1.64. The maximum Gasteiger partial charge on any atom is 0.323 e. The van der Waals surface area contributed by atoms with Crippen molar-refractivity contribution >= 4 is 48.8 Å². The Morgan fingerprint density at radius 2 is 1.26 bits per heavy atom. The average molecular weight is 551 g/mol. The second-order valence-electron chi connectivity index (χ2n) is 8.42. The molecular weight excluding hydrogens is 524 g/mol. The zero-order valence-corrected chi connectivity index (χ0v) is 22.0. The van der Waals surface area contributed by atoms with Crippen molar-refractivity contribution in [1.29, 1.82) is 0 Å². The van der Waals surface area contributed by atoms with E-state index in [1.807, 2.05) is 6.07 Å². The maximum atomic E-state index is 13.1. The largest absolute Gasteiger partial charge is 0.323 e. The van der Waals surface area contributed by atoms with E-state index in [9.17, 15) is 21.6 Å². The Labute approximate surface area is 222 Å². The number of benzene rings is 4. The van der Waals surface area contributed by atoms with Gasteiger partial charge in [-0.25, -0.2) is 21.6 Å². The fourth-order valence-electron chi connectivity index (χ4n) is 3.67. The van der Waals surface area contributed by atoms with Gasteiger partial charge in [-0.05, 0) is 54.4 Å². The molecule has 9 nitrogen and oxygen atoms in total. The number of amides is 2. The number of para-hydroxylation sites is 1. The second-order valence-corrected chi connectivity index (χ2v) is 11.8. The maximum absolute atomic E-state index is 13.1. The molecule has 2 amide bonds. The Kier molecular flexibility index (Phi) is 7.99. The van der Waals surface area contributed by atoms with Crippen molar-refractivity contribution in [2.45, 2.75) is 17.6 Å². The summed E-state index contributed by atoms with van der Waals surface area (Å²) in [6, 6.07) is 27.4. The molecule has 0 heterocycles. The molecule has 4 rings (SSSR count). The summed E-state index contributed by atoms with van der Waals surface area (Å²) in [4.78, 5) is 12.5. The summed E-state index contributed by atoms with van der Waals surface area (Å²) in [5.74, 6) is -0.329. The van der Waals surface area contributed by atoms with E-state index in [-0.39, 0.29) is 27.7 Å². The third kappa shape index (κ3) is 7.11. The normalized spacial score (nSPS) is 11.4. The smallest absolute Gasteiger partial charge is 0.308 e. The van der Waals surface area contributed by atoms with Gasteiger partial charge in [-0.3, -0.25) is 9.44 Å². The first-order chi connectivity index (χ1) is 18.1. The fourth-order valence-corrected chi connectivity index (χ4v) is 6.20. The Morgan fingerprint density at radius 1 is 0.658 bits per heavy atom. The van der Waals surface area contributed by atoms with E-state index < -0.39 is 26.1 Å². The van der Waals surface area contributed by atoms with Gasteiger partial charge in [0, 0.05) is 11.4 Å². The Morgan fingerprint density at radius 3 is 1.95 bits per heavy atom. The summed E-state index contributed by atoms with van der Waals surface area (Å²) in [7, 11) is -7.99. The molecule has 0 radical (unpaired) electrons. The number of urea groups is 1. The van der Waals surface area contributed by atoms with Crippen LogP contribution in [0, 0.1) is 6.92 Å². The van der Waals surface area contributed by atoms with Crippen LogP contribution in [0.3, 0.4) is 0 Å². The Bertz CT molecular complexity index is 1640. The molecule has 4 aromatic carbocycles. The minimum absolute atomic E-state index is 0.00101. The second kappa shape index (κ2) is 11.4. The van der Waals surface area contributed by atoms with Crippen molar-refractivity contribution < 1.29 is 21.6 Å². The average Bonchev–Trinajstić information content (AvgIpc) is 2.86. The van der Waals surface area contributed by atoms with Crippen LogP contribution in [0.5, 0.6) is 0 Å². The first kappa shape index (κ1) is 26.7. The third-order valence-electron chi connectivity index (χ3n) is 5.40. The molecule has 38 heavy (non-hydrogen) atoms. The molecular formula is C27H26N4O5S2. The first-order valence-corrected chi connectivity index (χ1v) is 14.6. The molecule has 4 N–H and O–H groups in total. The van der Waals surface area contributed by atoms with Crippen molar-refractivity contribution in [3.63, 3.8) is 0 Å². The molecule has 0 bridgehead atoms. The van der Waals surface area contributed by atoms with E-state index in [2.05, 4.69) is 20.1 Å². The van der Waals surface area contributed by atoms with Crippen molar-refractivity contribution in [3.8, 4) is 0 Å². The van der Waals surface area contributed by atoms with Crippen molar-refractivity contribution in [2.75, 3.05) is 20.1 Å². The summed E-state index contributed by atoms with van der Waals surface area (Å²) in [6.45, 7) is 1.66. The number of nitrogens with one attached hydrogen (secondary N) is 4. The molecule has 4 aromatic rings. The Hall–Kier alpha value is -4.35. The minimum Gasteiger partial charge on any atom is -0.308 e. The highest BCUT2D eigenvalue weighted by molar-refractivity contribution is 7.93. The lowest BCUT2D eigenvalue weighted by atomic mass is 10.2. The van der Waals surface area contributed by atoms with E-state index in [0.717, 1.165) is 0 Å². The standard InChI is InChI=1S/C27H26N4O5S2/c1-20-10-8-9-15-26(20)38(35,36)31-24-17-16-23(29-27(32)28-22-13-6-3-7-14-22)18-25(24)30-37(33,34)19-21-11-4-2-5-12-21/h2-18,30-31H,19H2,1H3,(H2,28,29,32). The summed E-state index contributed by atoms with van der Waals surface area (Å²) in [5, 5.41) is 5.31. The summed E-state index contributed by atoms with van der Waals surface area (Å²) in [5.41, 5.74) is 1.85. The van der Waals surface area contributed by atoms with Gasteiger partial charge < -0.3 is 10.6 Å². The number of anilines is 4. The van der Waals surface area contributed by atoms with E-state index in [1.165, 1.54) is 24.3 Å². The highest BCUT2D eigenvalue weighted by Crippen LogP contribution is 2.30. The molecule has 0 unspecified atom stereocenters. The predicted octanol–water partition coefficient (Wildman–Crippen LogP) is 5.38. The highest BCUT2D eigenvalue weighted by atomic mass is 32.2. The number of sulfonamides is 2. The number of aryl methyl sites for hydroxylation is 1. The molecule has 0 saturated heterocycles. The van der Waals surface area contributed by atoms with Crippen molar-refractivity contribution in [2.24, 2.45) is 0 Å². The van der Waals surface area contributed by atoms with Crippen molar-refractivity contribution in [1.82, 2.24) is 0 Å². The lowest BCUT2D eigenvalue weighted by Gasteiger charge is -2.17. The number of carbonyl (C=O) groups excluding carboxylic acids is 1. The number of carbonyl (C=O) groups is 1. The fraction of sp³-hybridized carbons (Fsp3) is 0.0741. The van der Waals surface area contributed by atoms with Gasteiger partial charge in [0.2, 0.25) is 10.0 Å². The topological polar surface area (TPSA) is 133 Å². The lowest BCUT2D eigenvalue weighted by molar-refractivity contribution is 0.262. The van der Waals surface area contributed by atoms with Gasteiger partial charge in [0.15, 0.2) is 0 Å². The monoisotopic (exact) mass is 550 g/mol. The lowest BCUT2D eigenvalue weighted by Crippen LogP contribution is -2.21. The van der Waals surface area contributed by atoms with Crippen LogP contribution in [0.2, 0.25) is 0 Å². The predicted molar refractivity (Wildman–Crippen MR) is 150 cm³/mol. The molecule has 0 fully saturated rings. The van der Waals surface area contributed by atoms with Crippen LogP contribution in [0.25, 0.3) is 0 Å². The third-order valence-corrected chi connectivity index (χ3v) is 8.17. The van der Waals surface area contributed by atoms with Gasteiger partial charge in [0.05, 0.1) is 22.0 Å². The van der Waals surface area contributed by atoms with Gasteiger partial charge in [0.25, 0.3) is 10.0 Å². The number of rotatable bonds is 9. The number of hydrogen-bond donors (Lipinski definition) is 4. The molecule has 11 heteroatoms. The SMILES string of the molecule is Cc1ccccc1S(=O)(=O)Nc1ccc(NC(=O)Nc2ccccc2)cc1NS(=O)(=O)Cc1ccccc1. The summed E-state index contributed by atoms with van der Waals surface area (Å²) < 4.78 is 57.2. The van der Waals surface area contributed by atoms with E-state index in [0.29, 0.717) is 16.8 Å². The van der Waals surface area contributed by atoms with Crippen LogP contribution < -0.4 is 20.1 Å². The van der Waals surface area contributed by atoms with Gasteiger partial charge >= 0.3 is 6.03 Å². The van der Waals surface area contributed by atoms with Crippen LogP contribution in [-0.2, 0) is 25.8 Å². The van der Waals surface area contributed by atoms with Gasteiger partial charge in [0.1, 0.15) is 0 Å². The van der Waals surface area contributed by atoms with Gasteiger partial charge in [-0.1, -0.05) is 66.7 Å². The van der Waals surface area contributed by atoms with Crippen LogP contribution in [0.4, 0.5) is 27.5 Å². The number of hydrogen-bond acceptors (Lipinski definition) is 5. The van der Waals surface area contributed by atoms with Crippen molar-refractivity contribution in [3.05, 3.63) is 114 Å². The molecule has 0 spiro atoms. The van der Waals surface area contributed by atoms with Crippen LogP contribution in [-0.4, -0.2) is 22.9 Å². The highest BCUT2D eigenvalue weighted by Gasteiger charge is 2.21. The molecule has 0 aliphatic rings. The minimum atomic E-state index is -4.04. The van der Waals surface area contributed by atoms with Gasteiger partial charge in [-0.2, -0.15) is 0 Å². The summed E-state index contributed by atoms with van der Waals surface area (Å²) in [6.07, 6.45) is 0. The molecule has 0 aromatic heterocycles. The van der Waals surface area contributed by atoms with Crippen LogP contribution in [0.15, 0.2) is 108 Å². The molecule has 0 aliphatic heterocycles. The van der Waals surface area contributed by atoms with E-state index in [1.54, 1.807) is 79.7 Å². The molecule has 0 atom stereocenters. The van der Waals surface area contributed by atoms with Crippen LogP contribution >= 0.6 is 0 Å². The zero-order chi connectivity index (χ0) is 27.2. The van der Waals surface area contributed by atoms with E-state index in [4.69, 9.17) is 0 Å². The first-order valence-electron chi connectivity index (χ1n) is 11.5. The molecule has 0 aliphatic carbocycles. The van der Waals surface area contributed by atoms with Crippen LogP contribution in [0.1, 0.15) is 11.1 Å². The summed E-state index contributed by atoms with van der Waals surface area (Å²) >= 11 is 0. The molecule has 0 saturated carbocycles. The molecule has 196 valence electrons. The van der Waals surface area contributed by atoms with E-state index >= 15 is 0 Å². The quantitative estimate of drug-likeness (QED) is 0.222.